The van der Waals surface area contributed by atoms with Crippen molar-refractivity contribution in [3.8, 4) is 0 Å². The predicted molar refractivity (Wildman–Crippen MR) is 37.7 cm³/mol. The van der Waals surface area contributed by atoms with E-state index in [-0.39, 0.29) is 12.2 Å². The first kappa shape index (κ1) is 6.79. The van der Waals surface area contributed by atoms with Crippen LogP contribution in [-0.4, -0.2) is 34.6 Å². The van der Waals surface area contributed by atoms with Gasteiger partial charge < -0.3 is 14.9 Å². The van der Waals surface area contributed by atoms with Crippen molar-refractivity contribution in [3.63, 3.8) is 0 Å². The van der Waals surface area contributed by atoms with Gasteiger partial charge in [-0.2, -0.15) is 0 Å². The first-order valence-corrected chi connectivity index (χ1v) is 3.88. The highest BCUT2D eigenvalue weighted by Gasteiger charge is 2.49. The summed E-state index contributed by atoms with van der Waals surface area (Å²) in [6.07, 6.45) is 0.0689. The molecule has 10 heavy (non-hydrogen) atoms. The Kier molecular flexibility index (Phi) is 1.39. The van der Waals surface area contributed by atoms with Gasteiger partial charge in [-0.05, 0) is 6.08 Å². The van der Waals surface area contributed by atoms with Crippen molar-refractivity contribution >= 4 is 15.9 Å². The number of ether oxygens (including phenoxy) is 1. The smallest absolute Gasteiger partial charge is 0.117 e. The standard InChI is InChI=1S/C6H7BrO3/c7-2-1-3-6(10-3)5(9)4(2)8/h1,3-6,8-9H/t3-,4-,5-,6-/m1/s1. The fourth-order valence-corrected chi connectivity index (χ4v) is 1.67. The third kappa shape index (κ3) is 0.836. The molecular formula is C6H7BrO3. The number of hydrogen-bond acceptors (Lipinski definition) is 3. The van der Waals surface area contributed by atoms with Crippen LogP contribution in [0.1, 0.15) is 0 Å². The molecule has 0 spiro atoms. The van der Waals surface area contributed by atoms with Crippen molar-refractivity contribution in [1.29, 1.82) is 0 Å². The zero-order valence-electron chi connectivity index (χ0n) is 5.07. The van der Waals surface area contributed by atoms with E-state index in [1.807, 2.05) is 0 Å². The Morgan fingerprint density at radius 1 is 1.50 bits per heavy atom. The molecule has 1 aliphatic heterocycles. The van der Waals surface area contributed by atoms with E-state index in [1.54, 1.807) is 6.08 Å². The molecule has 1 saturated heterocycles. The fraction of sp³-hybridized carbons (Fsp3) is 0.667. The summed E-state index contributed by atoms with van der Waals surface area (Å²) in [7, 11) is 0. The van der Waals surface area contributed by atoms with Gasteiger partial charge in [-0.3, -0.25) is 0 Å². The second-order valence-electron chi connectivity index (χ2n) is 2.55. The van der Waals surface area contributed by atoms with Gasteiger partial charge in [-0.25, -0.2) is 0 Å². The van der Waals surface area contributed by atoms with Gasteiger partial charge in [0.1, 0.15) is 24.4 Å². The molecule has 2 N–H and O–H groups in total. The van der Waals surface area contributed by atoms with Gasteiger partial charge in [-0.15, -0.1) is 0 Å². The maximum Gasteiger partial charge on any atom is 0.117 e. The molecule has 2 aliphatic rings. The van der Waals surface area contributed by atoms with E-state index in [4.69, 9.17) is 4.74 Å². The van der Waals surface area contributed by atoms with E-state index in [0.717, 1.165) is 0 Å². The lowest BCUT2D eigenvalue weighted by atomic mass is 10.0. The summed E-state index contributed by atoms with van der Waals surface area (Å²) in [5.41, 5.74) is 0. The van der Waals surface area contributed by atoms with Crippen LogP contribution in [0.4, 0.5) is 0 Å². The third-order valence-electron chi connectivity index (χ3n) is 1.83. The Hall–Kier alpha value is 0.1000. The first-order valence-electron chi connectivity index (χ1n) is 3.09. The zero-order valence-corrected chi connectivity index (χ0v) is 6.65. The first-order chi connectivity index (χ1) is 4.70. The number of fused-ring (bicyclic) bond motifs is 1. The Morgan fingerprint density at radius 2 is 2.20 bits per heavy atom. The Labute approximate surface area is 66.4 Å². The average molecular weight is 207 g/mol. The molecule has 2 rings (SSSR count). The van der Waals surface area contributed by atoms with Crippen LogP contribution in [0.15, 0.2) is 10.6 Å². The van der Waals surface area contributed by atoms with Crippen molar-refractivity contribution in [2.45, 2.75) is 24.4 Å². The summed E-state index contributed by atoms with van der Waals surface area (Å²) >= 11 is 3.13. The van der Waals surface area contributed by atoms with Crippen LogP contribution in [0.3, 0.4) is 0 Å². The second-order valence-corrected chi connectivity index (χ2v) is 3.47. The highest BCUT2D eigenvalue weighted by molar-refractivity contribution is 9.11. The van der Waals surface area contributed by atoms with Crippen LogP contribution in [0.5, 0.6) is 0 Å². The number of aliphatic hydroxyl groups excluding tert-OH is 2. The summed E-state index contributed by atoms with van der Waals surface area (Å²) in [5.74, 6) is 0. The molecule has 0 bridgehead atoms. The topological polar surface area (TPSA) is 53.0 Å². The van der Waals surface area contributed by atoms with Crippen molar-refractivity contribution < 1.29 is 14.9 Å². The molecule has 1 aliphatic carbocycles. The zero-order chi connectivity index (χ0) is 7.30. The highest BCUT2D eigenvalue weighted by Crippen LogP contribution is 2.37. The Bertz CT molecular complexity index is 191. The predicted octanol–water partition coefficient (Wildman–Crippen LogP) is -0.232. The minimum absolute atomic E-state index is 0.0211. The van der Waals surface area contributed by atoms with Gasteiger partial charge in [0.05, 0.1) is 0 Å². The Balaban J connectivity index is 2.23. The number of rotatable bonds is 0. The Morgan fingerprint density at radius 3 is 2.90 bits per heavy atom. The number of halogens is 1. The van der Waals surface area contributed by atoms with Crippen molar-refractivity contribution in [2.24, 2.45) is 0 Å². The third-order valence-corrected chi connectivity index (χ3v) is 2.56. The molecule has 4 heteroatoms. The maximum atomic E-state index is 9.21. The van der Waals surface area contributed by atoms with E-state index in [2.05, 4.69) is 15.9 Å². The van der Waals surface area contributed by atoms with Crippen LogP contribution >= 0.6 is 15.9 Å². The van der Waals surface area contributed by atoms with E-state index < -0.39 is 12.2 Å². The molecule has 0 aromatic carbocycles. The van der Waals surface area contributed by atoms with E-state index in [1.165, 1.54) is 0 Å². The quantitative estimate of drug-likeness (QED) is 0.539. The lowest BCUT2D eigenvalue weighted by molar-refractivity contribution is 0.0272. The summed E-state index contributed by atoms with van der Waals surface area (Å²) < 4.78 is 5.64. The van der Waals surface area contributed by atoms with E-state index in [9.17, 15) is 10.2 Å². The number of hydrogen-bond donors (Lipinski definition) is 2. The maximum absolute atomic E-state index is 9.21. The molecule has 56 valence electrons. The molecule has 0 unspecified atom stereocenters. The molecule has 3 nitrogen and oxygen atoms in total. The van der Waals surface area contributed by atoms with Crippen molar-refractivity contribution in [2.75, 3.05) is 0 Å². The SMILES string of the molecule is O[C@H]1[C@@H]2O[C@@H]2C=C(Br)[C@H]1O. The minimum Gasteiger partial charge on any atom is -0.387 e. The molecule has 0 radical (unpaired) electrons. The van der Waals surface area contributed by atoms with Gasteiger partial charge in [0.2, 0.25) is 0 Å². The molecular weight excluding hydrogens is 200 g/mol. The second kappa shape index (κ2) is 2.04. The van der Waals surface area contributed by atoms with Gasteiger partial charge in [-0.1, -0.05) is 15.9 Å². The normalized spacial score (nSPS) is 51.7. The summed E-state index contributed by atoms with van der Waals surface area (Å²) in [5, 5.41) is 18.4. The summed E-state index contributed by atoms with van der Waals surface area (Å²) in [6.45, 7) is 0. The highest BCUT2D eigenvalue weighted by atomic mass is 79.9. The monoisotopic (exact) mass is 206 g/mol. The van der Waals surface area contributed by atoms with Crippen molar-refractivity contribution in [3.05, 3.63) is 10.6 Å². The number of epoxide rings is 1. The summed E-state index contributed by atoms with van der Waals surface area (Å²) in [4.78, 5) is 0. The van der Waals surface area contributed by atoms with Gasteiger partial charge in [0, 0.05) is 4.48 Å². The van der Waals surface area contributed by atoms with Gasteiger partial charge in [0.15, 0.2) is 0 Å². The van der Waals surface area contributed by atoms with Gasteiger partial charge >= 0.3 is 0 Å². The van der Waals surface area contributed by atoms with Crippen LogP contribution in [0.25, 0.3) is 0 Å². The molecule has 0 aromatic heterocycles. The van der Waals surface area contributed by atoms with Crippen LogP contribution < -0.4 is 0 Å². The lowest BCUT2D eigenvalue weighted by Crippen LogP contribution is -2.34. The molecule has 4 atom stereocenters. The van der Waals surface area contributed by atoms with Crippen LogP contribution in [0, 0.1) is 0 Å². The van der Waals surface area contributed by atoms with Crippen LogP contribution in [-0.2, 0) is 4.74 Å². The molecule has 1 heterocycles. The van der Waals surface area contributed by atoms with Crippen LogP contribution in [0.2, 0.25) is 0 Å². The summed E-state index contributed by atoms with van der Waals surface area (Å²) in [6, 6.07) is 0. The van der Waals surface area contributed by atoms with Gasteiger partial charge in [0.25, 0.3) is 0 Å². The number of aliphatic hydroxyl groups is 2. The molecule has 0 saturated carbocycles. The van der Waals surface area contributed by atoms with Crippen molar-refractivity contribution in [1.82, 2.24) is 0 Å². The average Bonchev–Trinajstić information content (AvgIpc) is 2.62. The lowest BCUT2D eigenvalue weighted by Gasteiger charge is -2.17. The van der Waals surface area contributed by atoms with E-state index in [0.29, 0.717) is 4.48 Å². The molecule has 1 fully saturated rings. The molecule has 0 aromatic rings. The fourth-order valence-electron chi connectivity index (χ4n) is 1.14. The minimum atomic E-state index is -0.802. The van der Waals surface area contributed by atoms with E-state index >= 15 is 0 Å². The molecule has 0 amide bonds. The largest absolute Gasteiger partial charge is 0.387 e.